The molecule has 10 heteroatoms. The first-order valence-electron chi connectivity index (χ1n) is 7.88. The molecule has 0 aliphatic carbocycles. The fourth-order valence-electron chi connectivity index (χ4n) is 2.65. The van der Waals surface area contributed by atoms with E-state index in [1.165, 1.54) is 29.5 Å². The van der Waals surface area contributed by atoms with Gasteiger partial charge in [-0.05, 0) is 42.5 Å². The molecule has 28 heavy (non-hydrogen) atoms. The Morgan fingerprint density at radius 1 is 1.14 bits per heavy atom. The number of amides is 1. The van der Waals surface area contributed by atoms with Crippen LogP contribution in [0.4, 0.5) is 18.9 Å². The zero-order chi connectivity index (χ0) is 19.9. The van der Waals surface area contributed by atoms with Gasteiger partial charge in [0.15, 0.2) is 5.76 Å². The monoisotopic (exact) mass is 406 g/mol. The molecule has 0 aliphatic heterocycles. The van der Waals surface area contributed by atoms with Crippen molar-refractivity contribution in [3.8, 4) is 5.69 Å². The molecule has 4 rings (SSSR count). The topological polar surface area (TPSA) is 73.0 Å². The standard InChI is InChI=1S/C18H10ClF3N4O2/c19-12-2-4-15-10(5-12)6-16(28-15)17(27)25-13-7-11(18(20,21)22)1-3-14(13)26-9-23-8-24-26/h1-9H,(H,25,27). The molecule has 6 nitrogen and oxygen atoms in total. The van der Waals surface area contributed by atoms with E-state index in [1.807, 2.05) is 0 Å². The van der Waals surface area contributed by atoms with E-state index in [0.29, 0.717) is 16.0 Å². The van der Waals surface area contributed by atoms with Crippen molar-refractivity contribution in [1.82, 2.24) is 14.8 Å². The first kappa shape index (κ1) is 18.1. The van der Waals surface area contributed by atoms with Crippen molar-refractivity contribution in [2.24, 2.45) is 0 Å². The Morgan fingerprint density at radius 3 is 2.68 bits per heavy atom. The molecular formula is C18H10ClF3N4O2. The molecule has 2 heterocycles. The third-order valence-corrected chi connectivity index (χ3v) is 4.17. The van der Waals surface area contributed by atoms with Gasteiger partial charge >= 0.3 is 6.18 Å². The second-order valence-electron chi connectivity index (χ2n) is 5.82. The molecule has 0 bridgehead atoms. The molecule has 2 aromatic carbocycles. The maximum absolute atomic E-state index is 13.1. The van der Waals surface area contributed by atoms with Crippen molar-refractivity contribution in [3.05, 3.63) is 71.5 Å². The van der Waals surface area contributed by atoms with Crippen LogP contribution >= 0.6 is 11.6 Å². The van der Waals surface area contributed by atoms with Crippen LogP contribution in [0.2, 0.25) is 5.02 Å². The number of rotatable bonds is 3. The number of hydrogen-bond acceptors (Lipinski definition) is 4. The number of carbonyl (C=O) groups is 1. The molecule has 0 spiro atoms. The number of halogens is 4. The smallest absolute Gasteiger partial charge is 0.416 e. The van der Waals surface area contributed by atoms with Gasteiger partial charge < -0.3 is 9.73 Å². The Kier molecular flexibility index (Phi) is 4.31. The minimum Gasteiger partial charge on any atom is -0.451 e. The largest absolute Gasteiger partial charge is 0.451 e. The van der Waals surface area contributed by atoms with E-state index in [1.54, 1.807) is 18.2 Å². The minimum atomic E-state index is -4.57. The lowest BCUT2D eigenvalue weighted by atomic mass is 10.1. The second-order valence-corrected chi connectivity index (χ2v) is 6.25. The second kappa shape index (κ2) is 6.68. The van der Waals surface area contributed by atoms with Gasteiger partial charge in [-0.25, -0.2) is 9.67 Å². The third kappa shape index (κ3) is 3.44. The van der Waals surface area contributed by atoms with Gasteiger partial charge in [0, 0.05) is 10.4 Å². The Balaban J connectivity index is 1.73. The van der Waals surface area contributed by atoms with Crippen LogP contribution in [-0.4, -0.2) is 20.7 Å². The highest BCUT2D eigenvalue weighted by Gasteiger charge is 2.31. The molecule has 4 aromatic rings. The average molecular weight is 407 g/mol. The normalized spacial score (nSPS) is 11.7. The van der Waals surface area contributed by atoms with Gasteiger partial charge in [0.1, 0.15) is 18.2 Å². The number of benzene rings is 2. The molecule has 0 saturated heterocycles. The molecule has 142 valence electrons. The Hall–Kier alpha value is -3.33. The summed E-state index contributed by atoms with van der Waals surface area (Å²) in [5.74, 6) is -0.785. The predicted molar refractivity (Wildman–Crippen MR) is 95.5 cm³/mol. The number of furan rings is 1. The number of nitrogens with one attached hydrogen (secondary N) is 1. The number of carbonyl (C=O) groups excluding carboxylic acids is 1. The number of alkyl halides is 3. The van der Waals surface area contributed by atoms with E-state index >= 15 is 0 Å². The summed E-state index contributed by atoms with van der Waals surface area (Å²) in [6.07, 6.45) is -2.04. The Morgan fingerprint density at radius 2 is 1.96 bits per heavy atom. The van der Waals surface area contributed by atoms with Crippen LogP contribution in [0, 0.1) is 0 Å². The number of hydrogen-bond donors (Lipinski definition) is 1. The molecule has 0 unspecified atom stereocenters. The minimum absolute atomic E-state index is 0.0702. The van der Waals surface area contributed by atoms with E-state index in [2.05, 4.69) is 15.4 Å². The summed E-state index contributed by atoms with van der Waals surface area (Å²) in [4.78, 5) is 16.4. The molecule has 0 fully saturated rings. The highest BCUT2D eigenvalue weighted by molar-refractivity contribution is 6.31. The van der Waals surface area contributed by atoms with Gasteiger partial charge in [-0.15, -0.1) is 0 Å². The summed E-state index contributed by atoms with van der Waals surface area (Å²) in [6, 6.07) is 9.20. The fraction of sp³-hybridized carbons (Fsp3) is 0.0556. The summed E-state index contributed by atoms with van der Waals surface area (Å²) in [6.45, 7) is 0. The number of aromatic nitrogens is 3. The van der Waals surface area contributed by atoms with Crippen LogP contribution in [0.3, 0.4) is 0 Å². The highest BCUT2D eigenvalue weighted by atomic mass is 35.5. The molecule has 1 amide bonds. The van der Waals surface area contributed by atoms with Crippen LogP contribution in [-0.2, 0) is 6.18 Å². The third-order valence-electron chi connectivity index (χ3n) is 3.94. The summed E-state index contributed by atoms with van der Waals surface area (Å²) in [5.41, 5.74) is -0.361. The van der Waals surface area contributed by atoms with Gasteiger partial charge in [0.2, 0.25) is 0 Å². The zero-order valence-corrected chi connectivity index (χ0v) is 14.6. The van der Waals surface area contributed by atoms with Crippen molar-refractivity contribution in [2.45, 2.75) is 6.18 Å². The van der Waals surface area contributed by atoms with E-state index in [4.69, 9.17) is 16.0 Å². The molecule has 2 aromatic heterocycles. The van der Waals surface area contributed by atoms with Crippen LogP contribution in [0.1, 0.15) is 16.1 Å². The Bertz CT molecular complexity index is 1170. The van der Waals surface area contributed by atoms with Gasteiger partial charge in [0.05, 0.1) is 16.9 Å². The number of nitrogens with zero attached hydrogens (tertiary/aromatic N) is 3. The SMILES string of the molecule is O=C(Nc1cc(C(F)(F)F)ccc1-n1cncn1)c1cc2cc(Cl)ccc2o1. The van der Waals surface area contributed by atoms with E-state index in [-0.39, 0.29) is 17.1 Å². The maximum atomic E-state index is 13.1. The first-order chi connectivity index (χ1) is 13.3. The highest BCUT2D eigenvalue weighted by Crippen LogP contribution is 2.33. The van der Waals surface area contributed by atoms with E-state index in [9.17, 15) is 18.0 Å². The zero-order valence-electron chi connectivity index (χ0n) is 13.9. The quantitative estimate of drug-likeness (QED) is 0.523. The van der Waals surface area contributed by atoms with Crippen LogP contribution < -0.4 is 5.32 Å². The van der Waals surface area contributed by atoms with Crippen molar-refractivity contribution < 1.29 is 22.4 Å². The first-order valence-corrected chi connectivity index (χ1v) is 8.26. The molecule has 0 saturated carbocycles. The molecule has 0 atom stereocenters. The maximum Gasteiger partial charge on any atom is 0.416 e. The predicted octanol–water partition coefficient (Wildman–Crippen LogP) is 4.94. The van der Waals surface area contributed by atoms with Crippen molar-refractivity contribution >= 4 is 34.2 Å². The van der Waals surface area contributed by atoms with Crippen molar-refractivity contribution in [3.63, 3.8) is 0 Å². The molecular weight excluding hydrogens is 397 g/mol. The van der Waals surface area contributed by atoms with Gasteiger partial charge in [-0.1, -0.05) is 11.6 Å². The van der Waals surface area contributed by atoms with E-state index in [0.717, 1.165) is 12.1 Å². The summed E-state index contributed by atoms with van der Waals surface area (Å²) in [7, 11) is 0. The summed E-state index contributed by atoms with van der Waals surface area (Å²) in [5, 5.41) is 7.41. The van der Waals surface area contributed by atoms with Gasteiger partial charge in [-0.3, -0.25) is 4.79 Å². The Labute approximate surface area is 160 Å². The lowest BCUT2D eigenvalue weighted by molar-refractivity contribution is -0.137. The van der Waals surface area contributed by atoms with Crippen LogP contribution in [0.15, 0.2) is 59.5 Å². The number of anilines is 1. The average Bonchev–Trinajstić information content (AvgIpc) is 3.30. The lowest BCUT2D eigenvalue weighted by Gasteiger charge is -2.13. The molecule has 0 aliphatic rings. The molecule has 1 N–H and O–H groups in total. The van der Waals surface area contributed by atoms with Gasteiger partial charge in [0.25, 0.3) is 5.91 Å². The summed E-state index contributed by atoms with van der Waals surface area (Å²) < 4.78 is 46.0. The van der Waals surface area contributed by atoms with Crippen LogP contribution in [0.25, 0.3) is 16.7 Å². The van der Waals surface area contributed by atoms with E-state index < -0.39 is 17.6 Å². The summed E-state index contributed by atoms with van der Waals surface area (Å²) >= 11 is 5.91. The lowest BCUT2D eigenvalue weighted by Crippen LogP contribution is -2.15. The molecule has 0 radical (unpaired) electrons. The van der Waals surface area contributed by atoms with Crippen molar-refractivity contribution in [1.29, 1.82) is 0 Å². The number of fused-ring (bicyclic) bond motifs is 1. The van der Waals surface area contributed by atoms with Crippen LogP contribution in [0.5, 0.6) is 0 Å². The van der Waals surface area contributed by atoms with Crippen molar-refractivity contribution in [2.75, 3.05) is 5.32 Å². The van der Waals surface area contributed by atoms with Gasteiger partial charge in [-0.2, -0.15) is 18.3 Å². The fourth-order valence-corrected chi connectivity index (χ4v) is 2.84.